The van der Waals surface area contributed by atoms with E-state index in [0.717, 1.165) is 24.5 Å². The first kappa shape index (κ1) is 12.5. The third kappa shape index (κ3) is 3.51. The van der Waals surface area contributed by atoms with Crippen molar-refractivity contribution in [1.82, 2.24) is 15.2 Å². The maximum Gasteiger partial charge on any atom is 0.234 e. The minimum atomic E-state index is 0.0742. The topological polar surface area (TPSA) is 45.2 Å². The summed E-state index contributed by atoms with van der Waals surface area (Å²) in [6.07, 6.45) is 5.11. The summed E-state index contributed by atoms with van der Waals surface area (Å²) in [5.74, 6) is 0.119. The van der Waals surface area contributed by atoms with Crippen LogP contribution in [0.3, 0.4) is 0 Å². The average Bonchev–Trinajstić information content (AvgIpc) is 2.97. The van der Waals surface area contributed by atoms with Gasteiger partial charge in [0.1, 0.15) is 5.01 Å². The van der Waals surface area contributed by atoms with Gasteiger partial charge in [-0.1, -0.05) is 6.92 Å². The van der Waals surface area contributed by atoms with E-state index >= 15 is 0 Å². The summed E-state index contributed by atoms with van der Waals surface area (Å²) in [6, 6.07) is 0.0742. The average molecular weight is 253 g/mol. The van der Waals surface area contributed by atoms with Gasteiger partial charge in [0.2, 0.25) is 5.91 Å². The van der Waals surface area contributed by atoms with Crippen LogP contribution in [0.25, 0.3) is 0 Å². The van der Waals surface area contributed by atoms with Gasteiger partial charge in [0.15, 0.2) is 0 Å². The molecular formula is C12H19N3OS. The molecule has 0 spiro atoms. The number of thiazole rings is 1. The highest BCUT2D eigenvalue weighted by atomic mass is 32.1. The maximum atomic E-state index is 11.9. The van der Waals surface area contributed by atoms with E-state index in [-0.39, 0.29) is 11.9 Å². The molecule has 1 aromatic heterocycles. The number of carbonyl (C=O) groups is 1. The summed E-state index contributed by atoms with van der Waals surface area (Å²) in [5, 5.41) is 6.01. The van der Waals surface area contributed by atoms with Crippen molar-refractivity contribution in [2.24, 2.45) is 0 Å². The molecule has 17 heavy (non-hydrogen) atoms. The molecule has 0 radical (unpaired) electrons. The predicted molar refractivity (Wildman–Crippen MR) is 69.0 cm³/mol. The Balaban J connectivity index is 1.83. The van der Waals surface area contributed by atoms with E-state index in [1.807, 2.05) is 5.38 Å². The van der Waals surface area contributed by atoms with Gasteiger partial charge in [-0.25, -0.2) is 4.98 Å². The third-order valence-electron chi connectivity index (χ3n) is 3.06. The molecule has 1 aliphatic heterocycles. The first-order chi connectivity index (χ1) is 8.29. The highest BCUT2D eigenvalue weighted by Crippen LogP contribution is 2.18. The summed E-state index contributed by atoms with van der Waals surface area (Å²) in [6.45, 7) is 4.72. The number of likely N-dealkylation sites (tertiary alicyclic amines) is 1. The van der Waals surface area contributed by atoms with Crippen LogP contribution in [0.2, 0.25) is 0 Å². The van der Waals surface area contributed by atoms with Crippen LogP contribution in [0.1, 0.15) is 37.2 Å². The van der Waals surface area contributed by atoms with E-state index in [9.17, 15) is 4.79 Å². The van der Waals surface area contributed by atoms with Gasteiger partial charge in [-0.3, -0.25) is 9.69 Å². The van der Waals surface area contributed by atoms with Crippen molar-refractivity contribution in [1.29, 1.82) is 0 Å². The summed E-state index contributed by atoms with van der Waals surface area (Å²) < 4.78 is 0. The van der Waals surface area contributed by atoms with Crippen molar-refractivity contribution in [3.8, 4) is 0 Å². The molecule has 1 saturated heterocycles. The molecule has 0 unspecified atom stereocenters. The summed E-state index contributed by atoms with van der Waals surface area (Å²) >= 11 is 1.60. The molecule has 1 amide bonds. The van der Waals surface area contributed by atoms with Crippen LogP contribution in [-0.2, 0) is 4.79 Å². The Labute approximate surface area is 106 Å². The first-order valence-corrected chi connectivity index (χ1v) is 7.08. The van der Waals surface area contributed by atoms with Crippen LogP contribution in [0.15, 0.2) is 11.6 Å². The highest BCUT2D eigenvalue weighted by molar-refractivity contribution is 7.09. The minimum Gasteiger partial charge on any atom is -0.346 e. The number of hydrogen-bond acceptors (Lipinski definition) is 4. The maximum absolute atomic E-state index is 11.9. The molecule has 5 heteroatoms. The molecule has 2 heterocycles. The molecule has 0 saturated carbocycles. The summed E-state index contributed by atoms with van der Waals surface area (Å²) in [5.41, 5.74) is 0. The van der Waals surface area contributed by atoms with Crippen LogP contribution in [0, 0.1) is 0 Å². The van der Waals surface area contributed by atoms with Gasteiger partial charge in [0.25, 0.3) is 0 Å². The Morgan fingerprint density at radius 1 is 1.59 bits per heavy atom. The van der Waals surface area contributed by atoms with Crippen molar-refractivity contribution >= 4 is 17.2 Å². The van der Waals surface area contributed by atoms with Crippen molar-refractivity contribution in [3.63, 3.8) is 0 Å². The van der Waals surface area contributed by atoms with Crippen molar-refractivity contribution in [2.45, 2.75) is 32.2 Å². The Kier molecular flexibility index (Phi) is 4.50. The standard InChI is InChI=1S/C12H19N3OS/c1-2-10(12-13-5-8-17-12)14-11(16)9-15-6-3-4-7-15/h5,8,10H,2-4,6-7,9H2,1H3,(H,14,16)/t10-/m0/s1. The van der Waals surface area contributed by atoms with Gasteiger partial charge < -0.3 is 5.32 Å². The number of nitrogens with one attached hydrogen (secondary N) is 1. The molecule has 1 aliphatic rings. The first-order valence-electron chi connectivity index (χ1n) is 6.20. The second-order valence-electron chi connectivity index (χ2n) is 4.38. The van der Waals surface area contributed by atoms with Gasteiger partial charge in [0.05, 0.1) is 12.6 Å². The molecule has 94 valence electrons. The lowest BCUT2D eigenvalue weighted by molar-refractivity contribution is -0.122. The van der Waals surface area contributed by atoms with E-state index in [1.54, 1.807) is 17.5 Å². The number of nitrogens with zero attached hydrogens (tertiary/aromatic N) is 2. The normalized spacial score (nSPS) is 18.2. The van der Waals surface area contributed by atoms with E-state index < -0.39 is 0 Å². The van der Waals surface area contributed by atoms with E-state index in [2.05, 4.69) is 22.1 Å². The SMILES string of the molecule is CC[C@H](NC(=O)CN1CCCC1)c1nccs1. The Morgan fingerprint density at radius 3 is 2.94 bits per heavy atom. The van der Waals surface area contributed by atoms with Crippen LogP contribution in [0.5, 0.6) is 0 Å². The lowest BCUT2D eigenvalue weighted by Gasteiger charge is -2.18. The lowest BCUT2D eigenvalue weighted by Crippen LogP contribution is -2.37. The Bertz CT molecular complexity index is 347. The van der Waals surface area contributed by atoms with Crippen molar-refractivity contribution in [3.05, 3.63) is 16.6 Å². The van der Waals surface area contributed by atoms with Gasteiger partial charge in [0, 0.05) is 11.6 Å². The molecule has 1 fully saturated rings. The zero-order valence-electron chi connectivity index (χ0n) is 10.2. The molecule has 2 rings (SSSR count). The molecule has 4 nitrogen and oxygen atoms in total. The lowest BCUT2D eigenvalue weighted by atomic mass is 10.2. The van der Waals surface area contributed by atoms with Gasteiger partial charge in [-0.15, -0.1) is 11.3 Å². The summed E-state index contributed by atoms with van der Waals surface area (Å²) in [4.78, 5) is 18.4. The van der Waals surface area contributed by atoms with E-state index in [0.29, 0.717) is 6.54 Å². The largest absolute Gasteiger partial charge is 0.346 e. The van der Waals surface area contributed by atoms with Gasteiger partial charge in [-0.05, 0) is 32.4 Å². The van der Waals surface area contributed by atoms with Crippen molar-refractivity contribution < 1.29 is 4.79 Å². The molecule has 1 aromatic rings. The summed E-state index contributed by atoms with van der Waals surface area (Å²) in [7, 11) is 0. The fraction of sp³-hybridized carbons (Fsp3) is 0.667. The molecule has 0 aliphatic carbocycles. The smallest absolute Gasteiger partial charge is 0.234 e. The Hall–Kier alpha value is -0.940. The van der Waals surface area contributed by atoms with Crippen molar-refractivity contribution in [2.75, 3.05) is 19.6 Å². The minimum absolute atomic E-state index is 0.0742. The third-order valence-corrected chi connectivity index (χ3v) is 3.95. The monoisotopic (exact) mass is 253 g/mol. The fourth-order valence-corrected chi connectivity index (χ4v) is 2.90. The second-order valence-corrected chi connectivity index (χ2v) is 5.31. The predicted octanol–water partition coefficient (Wildman–Crippen LogP) is 1.81. The fourth-order valence-electron chi connectivity index (χ4n) is 2.13. The van der Waals surface area contributed by atoms with Crippen LogP contribution in [0.4, 0.5) is 0 Å². The zero-order valence-corrected chi connectivity index (χ0v) is 11.0. The highest BCUT2D eigenvalue weighted by Gasteiger charge is 2.18. The Morgan fingerprint density at radius 2 is 2.35 bits per heavy atom. The molecule has 0 bridgehead atoms. The zero-order chi connectivity index (χ0) is 12.1. The van der Waals surface area contributed by atoms with Crippen LogP contribution >= 0.6 is 11.3 Å². The molecule has 1 N–H and O–H groups in total. The van der Waals surface area contributed by atoms with Gasteiger partial charge >= 0.3 is 0 Å². The molecular weight excluding hydrogens is 234 g/mol. The van der Waals surface area contributed by atoms with E-state index in [4.69, 9.17) is 0 Å². The van der Waals surface area contributed by atoms with Crippen LogP contribution < -0.4 is 5.32 Å². The van der Waals surface area contributed by atoms with Gasteiger partial charge in [-0.2, -0.15) is 0 Å². The quantitative estimate of drug-likeness (QED) is 0.870. The molecule has 1 atom stereocenters. The number of amides is 1. The van der Waals surface area contributed by atoms with Crippen LogP contribution in [-0.4, -0.2) is 35.4 Å². The number of rotatable bonds is 5. The molecule has 0 aromatic carbocycles. The second kappa shape index (κ2) is 6.12. The number of hydrogen-bond donors (Lipinski definition) is 1. The number of aromatic nitrogens is 1. The van der Waals surface area contributed by atoms with E-state index in [1.165, 1.54) is 12.8 Å². The number of carbonyl (C=O) groups excluding carboxylic acids is 1.